The first kappa shape index (κ1) is 16.2. The lowest BCUT2D eigenvalue weighted by atomic mass is 10.0. The van der Waals surface area contributed by atoms with Gasteiger partial charge in [-0.15, -0.1) is 0 Å². The number of benzene rings is 2. The molecule has 0 unspecified atom stereocenters. The first-order valence-electron chi connectivity index (χ1n) is 8.47. The zero-order chi connectivity index (χ0) is 17.4. The summed E-state index contributed by atoms with van der Waals surface area (Å²) in [5.41, 5.74) is 3.28. The average molecular weight is 355 g/mol. The number of fused-ring (bicyclic) bond motifs is 1. The van der Waals surface area contributed by atoms with Crippen molar-refractivity contribution < 1.29 is 9.90 Å². The SMILES string of the molecule is O=C(c1[nH]c2ccc(Cl)cc2c1-c1ccccc1)N1CCC[C@H]1CO. The van der Waals surface area contributed by atoms with Gasteiger partial charge < -0.3 is 15.0 Å². The molecule has 1 aliphatic heterocycles. The van der Waals surface area contributed by atoms with E-state index in [1.54, 1.807) is 4.90 Å². The van der Waals surface area contributed by atoms with Gasteiger partial charge in [-0.3, -0.25) is 4.79 Å². The minimum atomic E-state index is -0.105. The monoisotopic (exact) mass is 354 g/mol. The maximum Gasteiger partial charge on any atom is 0.271 e. The summed E-state index contributed by atoms with van der Waals surface area (Å²) in [5, 5.41) is 11.1. The van der Waals surface area contributed by atoms with Gasteiger partial charge in [0, 0.05) is 28.0 Å². The third-order valence-corrected chi connectivity index (χ3v) is 5.12. The Hall–Kier alpha value is -2.30. The highest BCUT2D eigenvalue weighted by Gasteiger charge is 2.31. The van der Waals surface area contributed by atoms with Crippen molar-refractivity contribution in [2.24, 2.45) is 0 Å². The van der Waals surface area contributed by atoms with Gasteiger partial charge in [0.25, 0.3) is 5.91 Å². The molecular weight excluding hydrogens is 336 g/mol. The van der Waals surface area contributed by atoms with Gasteiger partial charge in [0.1, 0.15) is 5.69 Å². The molecule has 2 N–H and O–H groups in total. The van der Waals surface area contributed by atoms with E-state index in [0.29, 0.717) is 17.3 Å². The van der Waals surface area contributed by atoms with Crippen molar-refractivity contribution in [1.82, 2.24) is 9.88 Å². The summed E-state index contributed by atoms with van der Waals surface area (Å²) in [4.78, 5) is 18.3. The molecular formula is C20H19ClN2O2. The van der Waals surface area contributed by atoms with E-state index in [1.807, 2.05) is 48.5 Å². The molecule has 1 aliphatic rings. The fourth-order valence-electron chi connectivity index (χ4n) is 3.67. The normalized spacial score (nSPS) is 17.4. The van der Waals surface area contributed by atoms with Gasteiger partial charge in [0.05, 0.1) is 12.6 Å². The number of carbonyl (C=O) groups is 1. The lowest BCUT2D eigenvalue weighted by molar-refractivity contribution is 0.0673. The van der Waals surface area contributed by atoms with Crippen LogP contribution < -0.4 is 0 Å². The predicted octanol–water partition coefficient (Wildman–Crippen LogP) is 4.09. The van der Waals surface area contributed by atoms with Gasteiger partial charge in [-0.2, -0.15) is 0 Å². The lowest BCUT2D eigenvalue weighted by Crippen LogP contribution is -2.38. The van der Waals surface area contributed by atoms with Crippen molar-refractivity contribution in [3.8, 4) is 11.1 Å². The van der Waals surface area contributed by atoms with Crippen LogP contribution in [0.25, 0.3) is 22.0 Å². The maximum absolute atomic E-state index is 13.2. The predicted molar refractivity (Wildman–Crippen MR) is 99.9 cm³/mol. The van der Waals surface area contributed by atoms with Gasteiger partial charge in [-0.1, -0.05) is 41.9 Å². The van der Waals surface area contributed by atoms with Gasteiger partial charge in [-0.05, 0) is 36.6 Å². The van der Waals surface area contributed by atoms with Crippen molar-refractivity contribution in [2.75, 3.05) is 13.2 Å². The van der Waals surface area contributed by atoms with Gasteiger partial charge in [0.2, 0.25) is 0 Å². The van der Waals surface area contributed by atoms with Crippen molar-refractivity contribution in [3.63, 3.8) is 0 Å². The maximum atomic E-state index is 13.2. The topological polar surface area (TPSA) is 56.3 Å². The van der Waals surface area contributed by atoms with Crippen LogP contribution in [-0.4, -0.2) is 40.1 Å². The molecule has 5 heteroatoms. The molecule has 4 rings (SSSR count). The molecule has 2 aromatic carbocycles. The van der Waals surface area contributed by atoms with Gasteiger partial charge >= 0.3 is 0 Å². The number of aliphatic hydroxyl groups excluding tert-OH is 1. The molecule has 1 atom stereocenters. The number of amides is 1. The first-order valence-corrected chi connectivity index (χ1v) is 8.85. The van der Waals surface area contributed by atoms with Crippen molar-refractivity contribution >= 4 is 28.4 Å². The smallest absolute Gasteiger partial charge is 0.271 e. The Kier molecular flexibility index (Phi) is 4.24. The van der Waals surface area contributed by atoms with Crippen LogP contribution in [0.15, 0.2) is 48.5 Å². The van der Waals surface area contributed by atoms with Crippen LogP contribution in [0.4, 0.5) is 0 Å². The second-order valence-electron chi connectivity index (χ2n) is 6.41. The van der Waals surface area contributed by atoms with Crippen LogP contribution >= 0.6 is 11.6 Å². The molecule has 0 spiro atoms. The summed E-state index contributed by atoms with van der Waals surface area (Å²) in [6, 6.07) is 15.4. The number of carbonyl (C=O) groups excluding carboxylic acids is 1. The van der Waals surface area contributed by atoms with E-state index < -0.39 is 0 Å². The van der Waals surface area contributed by atoms with E-state index in [0.717, 1.165) is 34.9 Å². The quantitative estimate of drug-likeness (QED) is 0.744. The number of rotatable bonds is 3. The third-order valence-electron chi connectivity index (χ3n) is 4.89. The van der Waals surface area contributed by atoms with E-state index in [4.69, 9.17) is 11.6 Å². The summed E-state index contributed by atoms with van der Waals surface area (Å²) in [6.07, 6.45) is 1.76. The highest BCUT2D eigenvalue weighted by atomic mass is 35.5. The molecule has 128 valence electrons. The van der Waals surface area contributed by atoms with Crippen LogP contribution in [0.2, 0.25) is 5.02 Å². The summed E-state index contributed by atoms with van der Waals surface area (Å²) >= 11 is 6.20. The molecule has 0 aliphatic carbocycles. The minimum Gasteiger partial charge on any atom is -0.394 e. The molecule has 0 bridgehead atoms. The first-order chi connectivity index (χ1) is 12.2. The van der Waals surface area contributed by atoms with E-state index in [-0.39, 0.29) is 18.6 Å². The van der Waals surface area contributed by atoms with Crippen LogP contribution in [0.1, 0.15) is 23.3 Å². The largest absolute Gasteiger partial charge is 0.394 e. The number of halogens is 1. The summed E-state index contributed by atoms with van der Waals surface area (Å²) < 4.78 is 0. The number of aromatic nitrogens is 1. The molecule has 0 saturated carbocycles. The highest BCUT2D eigenvalue weighted by molar-refractivity contribution is 6.31. The molecule has 1 aromatic heterocycles. The number of aromatic amines is 1. The van der Waals surface area contributed by atoms with Crippen LogP contribution in [0, 0.1) is 0 Å². The number of likely N-dealkylation sites (tertiary alicyclic amines) is 1. The zero-order valence-corrected chi connectivity index (χ0v) is 14.5. The van der Waals surface area contributed by atoms with E-state index >= 15 is 0 Å². The average Bonchev–Trinajstić information content (AvgIpc) is 3.25. The second kappa shape index (κ2) is 6.54. The minimum absolute atomic E-state index is 0.00152. The van der Waals surface area contributed by atoms with Crippen molar-refractivity contribution in [3.05, 3.63) is 59.2 Å². The van der Waals surface area contributed by atoms with Crippen LogP contribution in [0.3, 0.4) is 0 Å². The number of H-pyrrole nitrogens is 1. The Morgan fingerprint density at radius 3 is 2.80 bits per heavy atom. The number of hydrogen-bond acceptors (Lipinski definition) is 2. The number of aliphatic hydroxyl groups is 1. The Morgan fingerprint density at radius 2 is 2.04 bits per heavy atom. The Morgan fingerprint density at radius 1 is 1.24 bits per heavy atom. The molecule has 3 aromatic rings. The molecule has 1 fully saturated rings. The van der Waals surface area contributed by atoms with Crippen molar-refractivity contribution in [2.45, 2.75) is 18.9 Å². The lowest BCUT2D eigenvalue weighted by Gasteiger charge is -2.23. The Balaban J connectivity index is 1.90. The van der Waals surface area contributed by atoms with Gasteiger partial charge in [0.15, 0.2) is 0 Å². The van der Waals surface area contributed by atoms with E-state index in [1.165, 1.54) is 0 Å². The number of nitrogens with one attached hydrogen (secondary N) is 1. The molecule has 0 radical (unpaired) electrons. The van der Waals surface area contributed by atoms with E-state index in [9.17, 15) is 9.90 Å². The van der Waals surface area contributed by atoms with Gasteiger partial charge in [-0.25, -0.2) is 0 Å². The molecule has 2 heterocycles. The summed E-state index contributed by atoms with van der Waals surface area (Å²) in [6.45, 7) is 0.673. The molecule has 4 nitrogen and oxygen atoms in total. The standard InChI is InChI=1S/C20H19ClN2O2/c21-14-8-9-17-16(11-14)18(13-5-2-1-3-6-13)19(22-17)20(25)23-10-4-7-15(23)12-24/h1-3,5-6,8-9,11,15,22,24H,4,7,10,12H2/t15-/m0/s1. The Labute approximate surface area is 151 Å². The number of hydrogen-bond donors (Lipinski definition) is 2. The fraction of sp³-hybridized carbons (Fsp3) is 0.250. The second-order valence-corrected chi connectivity index (χ2v) is 6.84. The van der Waals surface area contributed by atoms with Crippen LogP contribution in [-0.2, 0) is 0 Å². The number of nitrogens with zero attached hydrogens (tertiary/aromatic N) is 1. The van der Waals surface area contributed by atoms with Crippen LogP contribution in [0.5, 0.6) is 0 Å². The summed E-state index contributed by atoms with van der Waals surface area (Å²) in [5.74, 6) is -0.0669. The molecule has 1 amide bonds. The van der Waals surface area contributed by atoms with Crippen molar-refractivity contribution in [1.29, 1.82) is 0 Å². The van der Waals surface area contributed by atoms with E-state index in [2.05, 4.69) is 4.98 Å². The Bertz CT molecular complexity index is 920. The highest BCUT2D eigenvalue weighted by Crippen LogP contribution is 2.35. The summed E-state index contributed by atoms with van der Waals surface area (Å²) in [7, 11) is 0. The third kappa shape index (κ3) is 2.81. The fourth-order valence-corrected chi connectivity index (χ4v) is 3.84. The molecule has 1 saturated heterocycles. The zero-order valence-electron chi connectivity index (χ0n) is 13.7. The molecule has 25 heavy (non-hydrogen) atoms.